The van der Waals surface area contributed by atoms with Crippen molar-refractivity contribution in [3.8, 4) is 5.75 Å². The normalized spacial score (nSPS) is 27.8. The predicted molar refractivity (Wildman–Crippen MR) is 84.1 cm³/mol. The van der Waals surface area contributed by atoms with Gasteiger partial charge in [-0.25, -0.2) is 0 Å². The number of hydrogen-bond donors (Lipinski definition) is 1. The summed E-state index contributed by atoms with van der Waals surface area (Å²) in [7, 11) is 0. The van der Waals surface area contributed by atoms with E-state index in [1.807, 2.05) is 31.2 Å². The maximum absolute atomic E-state index is 10.1. The van der Waals surface area contributed by atoms with Crippen molar-refractivity contribution in [2.75, 3.05) is 32.8 Å². The van der Waals surface area contributed by atoms with Crippen molar-refractivity contribution in [2.45, 2.75) is 25.9 Å². The van der Waals surface area contributed by atoms with Gasteiger partial charge in [0, 0.05) is 18.2 Å². The minimum Gasteiger partial charge on any atom is -0.491 e. The Morgan fingerprint density at radius 1 is 1.33 bits per heavy atom. The largest absolute Gasteiger partial charge is 0.491 e. The first kappa shape index (κ1) is 14.5. The highest BCUT2D eigenvalue weighted by atomic mass is 16.5. The van der Waals surface area contributed by atoms with Crippen molar-refractivity contribution < 1.29 is 9.84 Å². The van der Waals surface area contributed by atoms with Crippen LogP contribution in [0.15, 0.2) is 29.3 Å². The van der Waals surface area contributed by atoms with E-state index < -0.39 is 6.10 Å². The summed E-state index contributed by atoms with van der Waals surface area (Å²) in [5.74, 6) is 1.49. The number of ether oxygens (including phenoxy) is 1. The zero-order valence-electron chi connectivity index (χ0n) is 12.7. The lowest BCUT2D eigenvalue weighted by Crippen LogP contribution is -2.48. The van der Waals surface area contributed by atoms with E-state index in [1.54, 1.807) is 0 Å². The molecule has 0 aromatic heterocycles. The van der Waals surface area contributed by atoms with Gasteiger partial charge in [0.25, 0.3) is 0 Å². The summed E-state index contributed by atoms with van der Waals surface area (Å²) in [6.07, 6.45) is 1.93. The molecule has 0 amide bonds. The van der Waals surface area contributed by atoms with E-state index in [0.29, 0.717) is 19.1 Å². The molecule has 0 aliphatic carbocycles. The Kier molecular flexibility index (Phi) is 4.56. The lowest BCUT2D eigenvalue weighted by molar-refractivity contribution is 0.113. The first-order valence-corrected chi connectivity index (χ1v) is 7.84. The van der Waals surface area contributed by atoms with Crippen LogP contribution in [0, 0.1) is 12.8 Å². The summed E-state index contributed by atoms with van der Waals surface area (Å²) < 4.78 is 5.67. The van der Waals surface area contributed by atoms with E-state index in [1.165, 1.54) is 31.6 Å². The molecule has 3 aliphatic heterocycles. The van der Waals surface area contributed by atoms with Gasteiger partial charge >= 0.3 is 0 Å². The lowest BCUT2D eigenvalue weighted by Gasteiger charge is -2.40. The summed E-state index contributed by atoms with van der Waals surface area (Å²) in [6.45, 7) is 6.18. The molecular weight excluding hydrogens is 264 g/mol. The molecule has 114 valence electrons. The van der Waals surface area contributed by atoms with Gasteiger partial charge in [-0.1, -0.05) is 18.2 Å². The number of aryl methyl sites for hydroxylation is 1. The molecule has 1 aromatic carbocycles. The molecule has 3 saturated heterocycles. The van der Waals surface area contributed by atoms with Crippen LogP contribution in [0.3, 0.4) is 0 Å². The lowest BCUT2D eigenvalue weighted by atomic mass is 9.86. The highest BCUT2D eigenvalue weighted by molar-refractivity contribution is 5.90. The molecule has 4 nitrogen and oxygen atoms in total. The second-order valence-corrected chi connectivity index (χ2v) is 6.11. The average molecular weight is 288 g/mol. The van der Waals surface area contributed by atoms with Gasteiger partial charge in [-0.05, 0) is 44.5 Å². The van der Waals surface area contributed by atoms with E-state index >= 15 is 0 Å². The molecule has 1 N–H and O–H groups in total. The van der Waals surface area contributed by atoms with Crippen molar-refractivity contribution in [3.05, 3.63) is 29.8 Å². The third-order valence-corrected chi connectivity index (χ3v) is 4.47. The van der Waals surface area contributed by atoms with Gasteiger partial charge in [0.1, 0.15) is 18.5 Å². The Morgan fingerprint density at radius 3 is 2.76 bits per heavy atom. The number of nitrogens with zero attached hydrogens (tertiary/aromatic N) is 2. The predicted octanol–water partition coefficient (Wildman–Crippen LogP) is 1.90. The molecule has 2 bridgehead atoms. The number of benzene rings is 1. The van der Waals surface area contributed by atoms with Gasteiger partial charge in [-0.3, -0.25) is 9.89 Å². The quantitative estimate of drug-likeness (QED) is 0.900. The van der Waals surface area contributed by atoms with Gasteiger partial charge < -0.3 is 9.84 Å². The topological polar surface area (TPSA) is 45.1 Å². The fourth-order valence-corrected chi connectivity index (χ4v) is 3.14. The molecule has 3 aliphatic rings. The van der Waals surface area contributed by atoms with Crippen molar-refractivity contribution in [1.82, 2.24) is 4.90 Å². The molecule has 21 heavy (non-hydrogen) atoms. The van der Waals surface area contributed by atoms with Gasteiger partial charge in [0.15, 0.2) is 0 Å². The number of fused-ring (bicyclic) bond motifs is 3. The second-order valence-electron chi connectivity index (χ2n) is 6.11. The van der Waals surface area contributed by atoms with Crippen LogP contribution in [0.4, 0.5) is 0 Å². The van der Waals surface area contributed by atoms with Gasteiger partial charge in [-0.15, -0.1) is 0 Å². The molecule has 3 heterocycles. The standard InChI is InChI=1S/C17H24N2O2/c1-13-4-2-3-5-17(13)21-12-15(20)10-18-16-11-19-8-6-14(16)7-9-19/h2-5,14-15,20H,6-12H2,1H3/t15-/m1/s1. The summed E-state index contributed by atoms with van der Waals surface area (Å²) in [5.41, 5.74) is 2.37. The van der Waals surface area contributed by atoms with Gasteiger partial charge in [-0.2, -0.15) is 0 Å². The SMILES string of the molecule is Cc1ccccc1OC[C@H](O)CN=C1CN2CCC1CC2. The number of piperidine rings is 3. The van der Waals surface area contributed by atoms with Crippen LogP contribution < -0.4 is 4.74 Å². The van der Waals surface area contributed by atoms with Crippen molar-refractivity contribution in [2.24, 2.45) is 10.9 Å². The first-order chi connectivity index (χ1) is 10.2. The minimum atomic E-state index is -0.535. The summed E-state index contributed by atoms with van der Waals surface area (Å²) in [5, 5.41) is 10.1. The molecule has 4 heteroatoms. The summed E-state index contributed by atoms with van der Waals surface area (Å²) in [4.78, 5) is 7.10. The Morgan fingerprint density at radius 2 is 2.10 bits per heavy atom. The van der Waals surface area contributed by atoms with E-state index in [-0.39, 0.29) is 0 Å². The summed E-state index contributed by atoms with van der Waals surface area (Å²) in [6, 6.07) is 7.87. The maximum Gasteiger partial charge on any atom is 0.122 e. The third kappa shape index (κ3) is 3.63. The maximum atomic E-state index is 10.1. The Hall–Kier alpha value is -1.39. The zero-order valence-corrected chi connectivity index (χ0v) is 12.7. The molecule has 0 saturated carbocycles. The number of aliphatic hydroxyl groups excluding tert-OH is 1. The zero-order chi connectivity index (χ0) is 14.7. The smallest absolute Gasteiger partial charge is 0.122 e. The van der Waals surface area contributed by atoms with Crippen LogP contribution >= 0.6 is 0 Å². The van der Waals surface area contributed by atoms with Crippen LogP contribution in [0.25, 0.3) is 0 Å². The van der Waals surface area contributed by atoms with Crippen molar-refractivity contribution >= 4 is 5.71 Å². The van der Waals surface area contributed by atoms with Crippen LogP contribution in [-0.4, -0.2) is 54.6 Å². The Balaban J connectivity index is 1.48. The number of rotatable bonds is 5. The fourth-order valence-electron chi connectivity index (χ4n) is 3.14. The van der Waals surface area contributed by atoms with E-state index in [4.69, 9.17) is 4.74 Å². The fraction of sp³-hybridized carbons (Fsp3) is 0.588. The van der Waals surface area contributed by atoms with Gasteiger partial charge in [0.05, 0.1) is 6.54 Å². The van der Waals surface area contributed by atoms with E-state index in [9.17, 15) is 5.11 Å². The average Bonchev–Trinajstić information content (AvgIpc) is 2.53. The molecule has 0 unspecified atom stereocenters. The van der Waals surface area contributed by atoms with Crippen molar-refractivity contribution in [3.63, 3.8) is 0 Å². The molecule has 0 radical (unpaired) electrons. The van der Waals surface area contributed by atoms with Gasteiger partial charge in [0.2, 0.25) is 0 Å². The molecule has 1 aromatic rings. The number of aliphatic imine (C=N–C) groups is 1. The molecule has 1 atom stereocenters. The summed E-state index contributed by atoms with van der Waals surface area (Å²) >= 11 is 0. The minimum absolute atomic E-state index is 0.302. The van der Waals surface area contributed by atoms with Crippen molar-refractivity contribution in [1.29, 1.82) is 0 Å². The monoisotopic (exact) mass is 288 g/mol. The Bertz CT molecular complexity index is 507. The first-order valence-electron chi connectivity index (χ1n) is 7.84. The Labute approximate surface area is 126 Å². The second kappa shape index (κ2) is 6.58. The third-order valence-electron chi connectivity index (χ3n) is 4.47. The van der Waals surface area contributed by atoms with Crippen LogP contribution in [-0.2, 0) is 0 Å². The van der Waals surface area contributed by atoms with Crippen LogP contribution in [0.2, 0.25) is 0 Å². The van der Waals surface area contributed by atoms with Crippen LogP contribution in [0.5, 0.6) is 5.75 Å². The van der Waals surface area contributed by atoms with E-state index in [0.717, 1.165) is 17.9 Å². The highest BCUT2D eigenvalue weighted by Crippen LogP contribution is 2.25. The van der Waals surface area contributed by atoms with E-state index in [2.05, 4.69) is 9.89 Å². The van der Waals surface area contributed by atoms with Crippen LogP contribution in [0.1, 0.15) is 18.4 Å². The molecule has 4 rings (SSSR count). The highest BCUT2D eigenvalue weighted by Gasteiger charge is 2.30. The molecular formula is C17H24N2O2. The number of hydrogen-bond acceptors (Lipinski definition) is 4. The number of para-hydroxylation sites is 1. The molecule has 0 spiro atoms. The molecule has 3 fully saturated rings. The number of aliphatic hydroxyl groups is 1.